The largest absolute Gasteiger partial charge is 0.493 e. The Hall–Kier alpha value is -2.26. The molecule has 0 amide bonds. The summed E-state index contributed by atoms with van der Waals surface area (Å²) >= 11 is 0. The number of hydrogen-bond donors (Lipinski definition) is 0. The number of methoxy groups -OCH3 is 2. The first-order valence-electron chi connectivity index (χ1n) is 7.31. The summed E-state index contributed by atoms with van der Waals surface area (Å²) in [5.74, 6) is 1.61. The molecule has 0 bridgehead atoms. The van der Waals surface area contributed by atoms with Crippen LogP contribution in [0.4, 0.5) is 0 Å². The number of rotatable bonds is 4. The van der Waals surface area contributed by atoms with Gasteiger partial charge in [0.15, 0.2) is 11.5 Å². The van der Waals surface area contributed by atoms with E-state index in [1.165, 1.54) is 5.56 Å². The van der Waals surface area contributed by atoms with Crippen LogP contribution in [0.15, 0.2) is 49.0 Å². The maximum Gasteiger partial charge on any atom is 0.161 e. The Bertz CT molecular complexity index is 677. The van der Waals surface area contributed by atoms with Crippen molar-refractivity contribution in [3.05, 3.63) is 65.7 Å². The van der Waals surface area contributed by atoms with Gasteiger partial charge in [-0.05, 0) is 34.4 Å². The third-order valence-corrected chi connectivity index (χ3v) is 4.13. The van der Waals surface area contributed by atoms with Gasteiger partial charge in [-0.3, -0.25) is 0 Å². The summed E-state index contributed by atoms with van der Waals surface area (Å²) in [5.41, 5.74) is 4.54. The molecule has 2 aromatic carbocycles. The monoisotopic (exact) mass is 296 g/mol. The Balaban J connectivity index is 2.02. The van der Waals surface area contributed by atoms with Crippen molar-refractivity contribution < 1.29 is 14.2 Å². The van der Waals surface area contributed by atoms with Gasteiger partial charge in [-0.25, -0.2) is 0 Å². The molecule has 3 nitrogen and oxygen atoms in total. The fourth-order valence-electron chi connectivity index (χ4n) is 2.90. The van der Waals surface area contributed by atoms with Crippen molar-refractivity contribution in [1.29, 1.82) is 0 Å². The van der Waals surface area contributed by atoms with E-state index < -0.39 is 0 Å². The molecule has 0 saturated carbocycles. The fourth-order valence-corrected chi connectivity index (χ4v) is 2.90. The molecule has 1 unspecified atom stereocenters. The standard InChI is InChI=1S/C19H20O3/c1-13(14-7-5-4-6-8-14)17-12-22-11-15-9-18(20-2)19(21-3)10-16(15)17/h4-10,17H,1,11-12H2,2-3H3. The molecule has 0 saturated heterocycles. The maximum absolute atomic E-state index is 5.77. The van der Waals surface area contributed by atoms with Crippen molar-refractivity contribution in [2.75, 3.05) is 20.8 Å². The second kappa shape index (κ2) is 6.24. The molecule has 1 aliphatic heterocycles. The predicted octanol–water partition coefficient (Wildman–Crippen LogP) is 4.03. The van der Waals surface area contributed by atoms with E-state index in [1.807, 2.05) is 24.3 Å². The zero-order chi connectivity index (χ0) is 15.5. The van der Waals surface area contributed by atoms with Gasteiger partial charge in [0.2, 0.25) is 0 Å². The molecule has 1 heterocycles. The Kier molecular flexibility index (Phi) is 4.16. The third kappa shape index (κ3) is 2.60. The Morgan fingerprint density at radius 2 is 1.77 bits per heavy atom. The van der Waals surface area contributed by atoms with Gasteiger partial charge < -0.3 is 14.2 Å². The van der Waals surface area contributed by atoms with Crippen LogP contribution in [0.5, 0.6) is 11.5 Å². The minimum Gasteiger partial charge on any atom is -0.493 e. The lowest BCUT2D eigenvalue weighted by molar-refractivity contribution is 0.102. The van der Waals surface area contributed by atoms with Crippen LogP contribution in [-0.2, 0) is 11.3 Å². The number of benzene rings is 2. The van der Waals surface area contributed by atoms with Gasteiger partial charge in [0.1, 0.15) is 0 Å². The van der Waals surface area contributed by atoms with Crippen LogP contribution >= 0.6 is 0 Å². The van der Waals surface area contributed by atoms with E-state index >= 15 is 0 Å². The lowest BCUT2D eigenvalue weighted by Crippen LogP contribution is -2.18. The number of hydrogen-bond acceptors (Lipinski definition) is 3. The third-order valence-electron chi connectivity index (χ3n) is 4.13. The number of fused-ring (bicyclic) bond motifs is 1. The van der Waals surface area contributed by atoms with Gasteiger partial charge in [-0.2, -0.15) is 0 Å². The van der Waals surface area contributed by atoms with Crippen molar-refractivity contribution in [2.45, 2.75) is 12.5 Å². The van der Waals surface area contributed by atoms with E-state index in [0.29, 0.717) is 13.2 Å². The molecule has 0 aliphatic carbocycles. The van der Waals surface area contributed by atoms with E-state index in [2.05, 4.69) is 24.8 Å². The summed E-state index contributed by atoms with van der Waals surface area (Å²) in [6.07, 6.45) is 0. The first-order valence-corrected chi connectivity index (χ1v) is 7.31. The second-order valence-electron chi connectivity index (χ2n) is 5.36. The topological polar surface area (TPSA) is 27.7 Å². The van der Waals surface area contributed by atoms with Gasteiger partial charge in [-0.1, -0.05) is 36.9 Å². The van der Waals surface area contributed by atoms with E-state index in [0.717, 1.165) is 28.2 Å². The molecule has 114 valence electrons. The van der Waals surface area contributed by atoms with Crippen molar-refractivity contribution in [1.82, 2.24) is 0 Å². The van der Waals surface area contributed by atoms with Crippen LogP contribution in [0.25, 0.3) is 5.57 Å². The van der Waals surface area contributed by atoms with Gasteiger partial charge >= 0.3 is 0 Å². The zero-order valence-electron chi connectivity index (χ0n) is 13.0. The van der Waals surface area contributed by atoms with Crippen molar-refractivity contribution in [2.24, 2.45) is 0 Å². The van der Waals surface area contributed by atoms with Crippen molar-refractivity contribution in [3.8, 4) is 11.5 Å². The van der Waals surface area contributed by atoms with Crippen LogP contribution in [0, 0.1) is 0 Å². The highest BCUT2D eigenvalue weighted by atomic mass is 16.5. The normalized spacial score (nSPS) is 16.7. The highest BCUT2D eigenvalue weighted by Crippen LogP contribution is 2.41. The van der Waals surface area contributed by atoms with E-state index in [1.54, 1.807) is 14.2 Å². The molecule has 0 radical (unpaired) electrons. The molecule has 3 rings (SSSR count). The molecular formula is C19H20O3. The Morgan fingerprint density at radius 3 is 2.45 bits per heavy atom. The van der Waals surface area contributed by atoms with Crippen LogP contribution in [0.1, 0.15) is 22.6 Å². The van der Waals surface area contributed by atoms with Gasteiger partial charge in [0.25, 0.3) is 0 Å². The highest BCUT2D eigenvalue weighted by Gasteiger charge is 2.26. The average Bonchev–Trinajstić information content (AvgIpc) is 2.60. The first kappa shape index (κ1) is 14.7. The Labute approximate surface area is 131 Å². The molecule has 2 aromatic rings. The van der Waals surface area contributed by atoms with E-state index in [4.69, 9.17) is 14.2 Å². The predicted molar refractivity (Wildman–Crippen MR) is 87.4 cm³/mol. The minimum absolute atomic E-state index is 0.131. The lowest BCUT2D eigenvalue weighted by atomic mass is 9.84. The molecule has 1 aliphatic rings. The molecular weight excluding hydrogens is 276 g/mol. The number of ether oxygens (including phenoxy) is 3. The second-order valence-corrected chi connectivity index (χ2v) is 5.36. The fraction of sp³-hybridized carbons (Fsp3) is 0.263. The first-order chi connectivity index (χ1) is 10.7. The highest BCUT2D eigenvalue weighted by molar-refractivity contribution is 5.71. The maximum atomic E-state index is 5.77. The molecule has 3 heteroatoms. The average molecular weight is 296 g/mol. The lowest BCUT2D eigenvalue weighted by Gasteiger charge is -2.28. The van der Waals surface area contributed by atoms with Crippen LogP contribution in [0.3, 0.4) is 0 Å². The van der Waals surface area contributed by atoms with Crippen molar-refractivity contribution in [3.63, 3.8) is 0 Å². The summed E-state index contributed by atoms with van der Waals surface area (Å²) in [7, 11) is 3.30. The molecule has 0 aromatic heterocycles. The molecule has 0 N–H and O–H groups in total. The van der Waals surface area contributed by atoms with E-state index in [-0.39, 0.29) is 5.92 Å². The molecule has 0 spiro atoms. The van der Waals surface area contributed by atoms with Crippen LogP contribution < -0.4 is 9.47 Å². The summed E-state index contributed by atoms with van der Waals surface area (Å²) in [5, 5.41) is 0. The Morgan fingerprint density at radius 1 is 1.09 bits per heavy atom. The zero-order valence-corrected chi connectivity index (χ0v) is 13.0. The molecule has 0 fully saturated rings. The minimum atomic E-state index is 0.131. The van der Waals surface area contributed by atoms with Crippen molar-refractivity contribution >= 4 is 5.57 Å². The van der Waals surface area contributed by atoms with Crippen LogP contribution in [0.2, 0.25) is 0 Å². The van der Waals surface area contributed by atoms with Gasteiger partial charge in [0, 0.05) is 5.92 Å². The van der Waals surface area contributed by atoms with E-state index in [9.17, 15) is 0 Å². The SMILES string of the molecule is C=C(c1ccccc1)C1COCc2cc(OC)c(OC)cc21. The summed E-state index contributed by atoms with van der Waals surface area (Å²) in [6, 6.07) is 14.3. The summed E-state index contributed by atoms with van der Waals surface area (Å²) in [4.78, 5) is 0. The van der Waals surface area contributed by atoms with Gasteiger partial charge in [0.05, 0.1) is 27.4 Å². The molecule has 1 atom stereocenters. The smallest absolute Gasteiger partial charge is 0.161 e. The summed E-state index contributed by atoms with van der Waals surface area (Å²) < 4.78 is 16.6. The summed E-state index contributed by atoms with van der Waals surface area (Å²) in [6.45, 7) is 5.52. The van der Waals surface area contributed by atoms with Crippen LogP contribution in [-0.4, -0.2) is 20.8 Å². The van der Waals surface area contributed by atoms with Gasteiger partial charge in [-0.15, -0.1) is 0 Å². The molecule has 22 heavy (non-hydrogen) atoms. The quantitative estimate of drug-likeness (QED) is 0.852.